The highest BCUT2D eigenvalue weighted by Crippen LogP contribution is 1.84. The molecule has 0 atom stereocenters. The van der Waals surface area contributed by atoms with Gasteiger partial charge in [0.25, 0.3) is 23.9 Å². The van der Waals surface area contributed by atoms with Crippen LogP contribution in [0.15, 0.2) is 0 Å². The van der Waals surface area contributed by atoms with Gasteiger partial charge in [-0.2, -0.15) is 0 Å². The number of nitrogens with zero attached hydrogens (tertiary/aromatic N) is 1. The Labute approximate surface area is 151 Å². The van der Waals surface area contributed by atoms with Crippen molar-refractivity contribution in [3.8, 4) is 0 Å². The zero-order valence-corrected chi connectivity index (χ0v) is 15.5. The first-order chi connectivity index (χ1) is 11.8. The van der Waals surface area contributed by atoms with Crippen molar-refractivity contribution in [1.29, 1.82) is 0 Å². The van der Waals surface area contributed by atoms with E-state index in [0.717, 1.165) is 27.7 Å². The Morgan fingerprint density at radius 1 is 0.538 bits per heavy atom. The monoisotopic (exact) mass is 389 g/mol. The lowest BCUT2D eigenvalue weighted by atomic mass is 10.4. The summed E-state index contributed by atoms with van der Waals surface area (Å²) >= 11 is 0. The van der Waals surface area contributed by atoms with Gasteiger partial charge >= 0.3 is 0 Å². The molecule has 12 heteroatoms. The third kappa shape index (κ3) is 206. The maximum atomic E-state index is 9.00. The molecule has 26 heavy (non-hydrogen) atoms. The Morgan fingerprint density at radius 3 is 0.731 bits per heavy atom. The van der Waals surface area contributed by atoms with Gasteiger partial charge < -0.3 is 35.7 Å². The van der Waals surface area contributed by atoms with Crippen molar-refractivity contribution in [3.05, 3.63) is 0 Å². The zero-order valence-electron chi connectivity index (χ0n) is 15.5. The number of hydrogen-bond acceptors (Lipinski definition) is 8. The Kier molecular flexibility index (Phi) is 41.1. The molecule has 0 aromatic rings. The molecule has 158 valence electrons. The standard InChI is InChI=1S/C6H15NO3.4C2H4O2/c8-4-1-7(2-5-9)3-6-10;4*1-2(3)4/h8-10H,1-6H2;4*1H3,(H,3,4). The van der Waals surface area contributed by atoms with Gasteiger partial charge in [0.2, 0.25) is 0 Å². The van der Waals surface area contributed by atoms with Crippen LogP contribution in [0.3, 0.4) is 0 Å². The Balaban J connectivity index is -0.0000000776. The first-order valence-electron chi connectivity index (χ1n) is 7.11. The van der Waals surface area contributed by atoms with Crippen LogP contribution in [0.2, 0.25) is 0 Å². The van der Waals surface area contributed by atoms with E-state index in [1.807, 2.05) is 0 Å². The van der Waals surface area contributed by atoms with E-state index in [0.29, 0.717) is 19.6 Å². The van der Waals surface area contributed by atoms with Crippen LogP contribution in [0.5, 0.6) is 0 Å². The first-order valence-corrected chi connectivity index (χ1v) is 7.11. The number of rotatable bonds is 6. The summed E-state index contributed by atoms with van der Waals surface area (Å²) in [6.45, 7) is 6.09. The van der Waals surface area contributed by atoms with E-state index >= 15 is 0 Å². The summed E-state index contributed by atoms with van der Waals surface area (Å²) in [6.07, 6.45) is 0. The molecule has 0 aliphatic heterocycles. The highest BCUT2D eigenvalue weighted by Gasteiger charge is 2.00. The van der Waals surface area contributed by atoms with Crippen molar-refractivity contribution >= 4 is 23.9 Å². The fourth-order valence-corrected chi connectivity index (χ4v) is 0.760. The van der Waals surface area contributed by atoms with E-state index in [1.165, 1.54) is 0 Å². The van der Waals surface area contributed by atoms with Gasteiger partial charge in [0.15, 0.2) is 0 Å². The normalized spacial score (nSPS) is 8.00. The van der Waals surface area contributed by atoms with Crippen molar-refractivity contribution in [1.82, 2.24) is 4.90 Å². The number of aliphatic hydroxyl groups excluding tert-OH is 3. The molecule has 0 radical (unpaired) electrons. The van der Waals surface area contributed by atoms with Gasteiger partial charge in [0, 0.05) is 47.3 Å². The van der Waals surface area contributed by atoms with E-state index in [1.54, 1.807) is 4.90 Å². The van der Waals surface area contributed by atoms with Crippen LogP contribution in [-0.4, -0.2) is 104 Å². The van der Waals surface area contributed by atoms with Crippen LogP contribution >= 0.6 is 0 Å². The van der Waals surface area contributed by atoms with E-state index in [-0.39, 0.29) is 19.8 Å². The topological polar surface area (TPSA) is 213 Å². The summed E-state index contributed by atoms with van der Waals surface area (Å²) in [5.74, 6) is -3.33. The van der Waals surface area contributed by atoms with Gasteiger partial charge in [-0.25, -0.2) is 0 Å². The Hall–Kier alpha value is -2.28. The minimum Gasteiger partial charge on any atom is -0.481 e. The van der Waals surface area contributed by atoms with E-state index in [9.17, 15) is 0 Å². The number of aliphatic hydroxyl groups is 3. The maximum absolute atomic E-state index is 9.00. The van der Waals surface area contributed by atoms with Crippen molar-refractivity contribution < 1.29 is 54.9 Å². The van der Waals surface area contributed by atoms with Crippen LogP contribution in [0, 0.1) is 0 Å². The van der Waals surface area contributed by atoms with Crippen LogP contribution in [0.25, 0.3) is 0 Å². The molecule has 0 amide bonds. The second-order valence-corrected chi connectivity index (χ2v) is 4.09. The molecule has 0 rings (SSSR count). The summed E-state index contributed by atoms with van der Waals surface area (Å²) < 4.78 is 0. The predicted molar refractivity (Wildman–Crippen MR) is 90.9 cm³/mol. The molecule has 0 bridgehead atoms. The lowest BCUT2D eigenvalue weighted by Gasteiger charge is -2.17. The molecule has 0 aliphatic rings. The average molecular weight is 389 g/mol. The highest BCUT2D eigenvalue weighted by atomic mass is 16.4. The number of aliphatic carboxylic acids is 4. The molecule has 0 aliphatic carbocycles. The SMILES string of the molecule is CC(=O)O.CC(=O)O.CC(=O)O.CC(=O)O.OCCN(CCO)CCO. The molecular weight excluding hydrogens is 358 g/mol. The summed E-state index contributed by atoms with van der Waals surface area (Å²) in [6, 6.07) is 0. The van der Waals surface area contributed by atoms with Crippen molar-refractivity contribution in [3.63, 3.8) is 0 Å². The molecule has 0 unspecified atom stereocenters. The lowest BCUT2D eigenvalue weighted by molar-refractivity contribution is -0.135. The molecule has 0 saturated carbocycles. The predicted octanol–water partition coefficient (Wildman–Crippen LogP) is -1.37. The number of carboxylic acids is 4. The van der Waals surface area contributed by atoms with Gasteiger partial charge in [-0.1, -0.05) is 0 Å². The highest BCUT2D eigenvalue weighted by molar-refractivity contribution is 5.63. The van der Waals surface area contributed by atoms with E-state index in [2.05, 4.69) is 0 Å². The number of carbonyl (C=O) groups is 4. The molecule has 0 spiro atoms. The Morgan fingerprint density at radius 2 is 0.654 bits per heavy atom. The van der Waals surface area contributed by atoms with E-state index < -0.39 is 23.9 Å². The average Bonchev–Trinajstić information content (AvgIpc) is 2.36. The van der Waals surface area contributed by atoms with Gasteiger partial charge in [-0.05, 0) is 0 Å². The van der Waals surface area contributed by atoms with Crippen LogP contribution < -0.4 is 0 Å². The zero-order chi connectivity index (χ0) is 22.1. The quantitative estimate of drug-likeness (QED) is 0.280. The van der Waals surface area contributed by atoms with Gasteiger partial charge in [0.05, 0.1) is 19.8 Å². The number of carboxylic acid groups (broad SMARTS) is 4. The van der Waals surface area contributed by atoms with Gasteiger partial charge in [0.1, 0.15) is 0 Å². The third-order valence-electron chi connectivity index (χ3n) is 1.25. The maximum Gasteiger partial charge on any atom is 0.300 e. The summed E-state index contributed by atoms with van der Waals surface area (Å²) in [4.78, 5) is 37.8. The van der Waals surface area contributed by atoms with Crippen LogP contribution in [0.4, 0.5) is 0 Å². The Bertz CT molecular complexity index is 270. The number of hydrogen-bond donors (Lipinski definition) is 7. The summed E-state index contributed by atoms with van der Waals surface area (Å²) in [5, 5.41) is 55.1. The smallest absolute Gasteiger partial charge is 0.300 e. The third-order valence-corrected chi connectivity index (χ3v) is 1.25. The van der Waals surface area contributed by atoms with Gasteiger partial charge in [-0.3, -0.25) is 24.1 Å². The molecule has 0 aromatic heterocycles. The minimum absolute atomic E-state index is 0.0694. The molecular formula is C14H31NO11. The second-order valence-electron chi connectivity index (χ2n) is 4.09. The molecule has 0 saturated heterocycles. The largest absolute Gasteiger partial charge is 0.481 e. The molecule has 12 nitrogen and oxygen atoms in total. The second kappa shape index (κ2) is 30.6. The van der Waals surface area contributed by atoms with E-state index in [4.69, 9.17) is 54.9 Å². The van der Waals surface area contributed by atoms with Crippen molar-refractivity contribution in [2.75, 3.05) is 39.5 Å². The fourth-order valence-electron chi connectivity index (χ4n) is 0.760. The summed E-state index contributed by atoms with van der Waals surface area (Å²) in [5.41, 5.74) is 0. The molecule has 0 aromatic carbocycles. The molecule has 0 fully saturated rings. The fraction of sp³-hybridized carbons (Fsp3) is 0.714. The van der Waals surface area contributed by atoms with Crippen LogP contribution in [-0.2, 0) is 19.2 Å². The van der Waals surface area contributed by atoms with Crippen molar-refractivity contribution in [2.24, 2.45) is 0 Å². The minimum atomic E-state index is -0.833. The van der Waals surface area contributed by atoms with Crippen LogP contribution in [0.1, 0.15) is 27.7 Å². The lowest BCUT2D eigenvalue weighted by Crippen LogP contribution is -2.32. The van der Waals surface area contributed by atoms with Gasteiger partial charge in [-0.15, -0.1) is 0 Å². The van der Waals surface area contributed by atoms with Crippen molar-refractivity contribution in [2.45, 2.75) is 27.7 Å². The summed E-state index contributed by atoms with van der Waals surface area (Å²) in [7, 11) is 0. The molecule has 0 heterocycles. The first kappa shape index (κ1) is 34.9. The molecule has 7 N–H and O–H groups in total.